The van der Waals surface area contributed by atoms with Crippen LogP contribution in [0.1, 0.15) is 11.3 Å². The van der Waals surface area contributed by atoms with E-state index in [0.717, 1.165) is 5.56 Å². The van der Waals surface area contributed by atoms with Gasteiger partial charge in [-0.3, -0.25) is 9.20 Å². The quantitative estimate of drug-likeness (QED) is 0.477. The summed E-state index contributed by atoms with van der Waals surface area (Å²) < 4.78 is 12.5. The lowest BCUT2D eigenvalue weighted by molar-refractivity contribution is 0.262. The van der Waals surface area contributed by atoms with Gasteiger partial charge in [-0.25, -0.2) is 9.78 Å². The lowest BCUT2D eigenvalue weighted by Gasteiger charge is -2.12. The van der Waals surface area contributed by atoms with E-state index in [0.29, 0.717) is 34.2 Å². The Morgan fingerprint density at radius 1 is 1.03 bits per heavy atom. The van der Waals surface area contributed by atoms with Gasteiger partial charge in [0.15, 0.2) is 0 Å². The van der Waals surface area contributed by atoms with Gasteiger partial charge in [-0.2, -0.15) is 0 Å². The van der Waals surface area contributed by atoms with Gasteiger partial charge in [-0.05, 0) is 61.0 Å². The van der Waals surface area contributed by atoms with Crippen LogP contribution < -0.4 is 25.7 Å². The summed E-state index contributed by atoms with van der Waals surface area (Å²) in [5, 5.41) is 5.56. The Morgan fingerprint density at radius 3 is 2.62 bits per heavy atom. The number of ether oxygens (including phenoxy) is 2. The molecule has 0 saturated heterocycles. The van der Waals surface area contributed by atoms with Gasteiger partial charge in [-0.1, -0.05) is 12.1 Å². The average Bonchev–Trinajstić information content (AvgIpc) is 2.79. The minimum absolute atomic E-state index is 0.154. The zero-order chi connectivity index (χ0) is 22.5. The van der Waals surface area contributed by atoms with E-state index >= 15 is 0 Å². The molecule has 32 heavy (non-hydrogen) atoms. The zero-order valence-corrected chi connectivity index (χ0v) is 17.7. The predicted molar refractivity (Wildman–Crippen MR) is 123 cm³/mol. The van der Waals surface area contributed by atoms with E-state index in [1.54, 1.807) is 55.8 Å². The lowest BCUT2D eigenvalue weighted by atomic mass is 10.2. The first-order valence-corrected chi connectivity index (χ1v) is 9.95. The number of fused-ring (bicyclic) bond motifs is 1. The highest BCUT2D eigenvalue weighted by atomic mass is 16.5. The second-order valence-electron chi connectivity index (χ2n) is 7.11. The topological polar surface area (TPSA) is 94.0 Å². The first kappa shape index (κ1) is 20.9. The summed E-state index contributed by atoms with van der Waals surface area (Å²) in [7, 11) is 1.55. The fourth-order valence-corrected chi connectivity index (χ4v) is 3.17. The van der Waals surface area contributed by atoms with E-state index in [4.69, 9.17) is 9.47 Å². The van der Waals surface area contributed by atoms with Crippen LogP contribution in [0.4, 0.5) is 16.2 Å². The number of carbonyl (C=O) groups is 1. The van der Waals surface area contributed by atoms with Gasteiger partial charge >= 0.3 is 6.03 Å². The number of urea groups is 1. The molecule has 0 saturated carbocycles. The summed E-state index contributed by atoms with van der Waals surface area (Å²) in [5.74, 6) is 1.17. The van der Waals surface area contributed by atoms with E-state index in [1.165, 1.54) is 10.5 Å². The van der Waals surface area contributed by atoms with Gasteiger partial charge in [0.2, 0.25) is 0 Å². The Balaban J connectivity index is 1.37. The molecule has 8 nitrogen and oxygen atoms in total. The minimum Gasteiger partial charge on any atom is -0.495 e. The third-order valence-electron chi connectivity index (χ3n) is 4.73. The van der Waals surface area contributed by atoms with Crippen LogP contribution in [0.3, 0.4) is 0 Å². The molecule has 0 aliphatic heterocycles. The van der Waals surface area contributed by atoms with Crippen molar-refractivity contribution in [2.45, 2.75) is 13.5 Å². The normalized spacial score (nSPS) is 10.6. The standard InChI is InChI=1S/C24H22N4O4/c1-16-6-11-21(31-2)20(13-16)27-24(30)26-17-7-9-19(10-8-17)32-15-18-14-23(29)28-12-4-3-5-22(28)25-18/h3-14H,15H2,1-2H3,(H2,26,27,30). The Hall–Kier alpha value is -4.33. The van der Waals surface area contributed by atoms with E-state index in [9.17, 15) is 9.59 Å². The smallest absolute Gasteiger partial charge is 0.323 e. The predicted octanol–water partition coefficient (Wildman–Crippen LogP) is 4.23. The van der Waals surface area contributed by atoms with Gasteiger partial charge in [0.1, 0.15) is 23.8 Å². The maximum absolute atomic E-state index is 12.3. The van der Waals surface area contributed by atoms with Gasteiger partial charge in [0.25, 0.3) is 5.56 Å². The Bertz CT molecular complexity index is 1320. The SMILES string of the molecule is COc1ccc(C)cc1NC(=O)Nc1ccc(OCc2cc(=O)n3ccccc3n2)cc1. The van der Waals surface area contributed by atoms with Crippen molar-refractivity contribution in [1.29, 1.82) is 0 Å². The second-order valence-corrected chi connectivity index (χ2v) is 7.11. The molecule has 4 aromatic rings. The highest BCUT2D eigenvalue weighted by Gasteiger charge is 2.09. The van der Waals surface area contributed by atoms with Crippen LogP contribution in [-0.4, -0.2) is 22.5 Å². The third kappa shape index (κ3) is 4.86. The molecule has 0 atom stereocenters. The molecule has 0 radical (unpaired) electrons. The Kier molecular flexibility index (Phi) is 6.03. The second kappa shape index (κ2) is 9.22. The van der Waals surface area contributed by atoms with Crippen molar-refractivity contribution in [1.82, 2.24) is 9.38 Å². The van der Waals surface area contributed by atoms with Crippen molar-refractivity contribution in [3.05, 3.63) is 94.5 Å². The Morgan fingerprint density at radius 2 is 1.84 bits per heavy atom. The largest absolute Gasteiger partial charge is 0.495 e. The molecule has 4 rings (SSSR count). The number of aryl methyl sites for hydroxylation is 1. The van der Waals surface area contributed by atoms with Gasteiger partial charge in [0.05, 0.1) is 18.5 Å². The van der Waals surface area contributed by atoms with Crippen LogP contribution in [0, 0.1) is 6.92 Å². The monoisotopic (exact) mass is 430 g/mol. The van der Waals surface area contributed by atoms with Crippen molar-refractivity contribution in [3.8, 4) is 11.5 Å². The molecule has 0 aliphatic rings. The molecule has 0 fully saturated rings. The van der Waals surface area contributed by atoms with Gasteiger partial charge < -0.3 is 20.1 Å². The summed E-state index contributed by atoms with van der Waals surface area (Å²) >= 11 is 0. The number of nitrogens with zero attached hydrogens (tertiary/aromatic N) is 2. The van der Waals surface area contributed by atoms with E-state index in [-0.39, 0.29) is 18.2 Å². The van der Waals surface area contributed by atoms with Crippen LogP contribution in [-0.2, 0) is 6.61 Å². The molecule has 162 valence electrons. The van der Waals surface area contributed by atoms with Crippen LogP contribution in [0.15, 0.2) is 77.7 Å². The molecule has 0 spiro atoms. The summed E-state index contributed by atoms with van der Waals surface area (Å²) in [5.41, 5.74) is 3.13. The number of aromatic nitrogens is 2. The lowest BCUT2D eigenvalue weighted by Crippen LogP contribution is -2.19. The average molecular weight is 430 g/mol. The number of amides is 2. The number of nitrogens with one attached hydrogen (secondary N) is 2. The molecular weight excluding hydrogens is 408 g/mol. The first-order valence-electron chi connectivity index (χ1n) is 9.95. The minimum atomic E-state index is -0.386. The molecule has 0 unspecified atom stereocenters. The number of hydrogen-bond donors (Lipinski definition) is 2. The zero-order valence-electron chi connectivity index (χ0n) is 17.7. The highest BCUT2D eigenvalue weighted by molar-refractivity contribution is 6.00. The van der Waals surface area contributed by atoms with Gasteiger partial charge in [0, 0.05) is 18.0 Å². The number of anilines is 2. The summed E-state index contributed by atoms with van der Waals surface area (Å²) in [4.78, 5) is 28.9. The molecule has 2 aromatic heterocycles. The van der Waals surface area contributed by atoms with Crippen LogP contribution in [0.2, 0.25) is 0 Å². The number of hydrogen-bond acceptors (Lipinski definition) is 5. The maximum atomic E-state index is 12.3. The molecule has 8 heteroatoms. The van der Waals surface area contributed by atoms with Crippen molar-refractivity contribution >= 4 is 23.1 Å². The van der Waals surface area contributed by atoms with Crippen molar-refractivity contribution < 1.29 is 14.3 Å². The van der Waals surface area contributed by atoms with Crippen molar-refractivity contribution in [2.75, 3.05) is 17.7 Å². The molecule has 2 amide bonds. The van der Waals surface area contributed by atoms with E-state index in [2.05, 4.69) is 15.6 Å². The summed E-state index contributed by atoms with van der Waals surface area (Å²) in [6, 6.07) is 18.9. The van der Waals surface area contributed by atoms with Crippen molar-refractivity contribution in [2.24, 2.45) is 0 Å². The van der Waals surface area contributed by atoms with Crippen molar-refractivity contribution in [3.63, 3.8) is 0 Å². The molecule has 0 bridgehead atoms. The maximum Gasteiger partial charge on any atom is 0.323 e. The number of carbonyl (C=O) groups excluding carboxylic acids is 1. The molecule has 0 aliphatic carbocycles. The number of pyridine rings is 1. The van der Waals surface area contributed by atoms with Crippen LogP contribution in [0.5, 0.6) is 11.5 Å². The van der Waals surface area contributed by atoms with E-state index < -0.39 is 0 Å². The van der Waals surface area contributed by atoms with E-state index in [1.807, 2.05) is 25.1 Å². The Labute approximate surface area is 184 Å². The summed E-state index contributed by atoms with van der Waals surface area (Å²) in [6.07, 6.45) is 1.67. The van der Waals surface area contributed by atoms with Crippen LogP contribution >= 0.6 is 0 Å². The third-order valence-corrected chi connectivity index (χ3v) is 4.73. The fraction of sp³-hybridized carbons (Fsp3) is 0.125. The fourth-order valence-electron chi connectivity index (χ4n) is 3.17. The molecule has 2 N–H and O–H groups in total. The molecule has 2 aromatic carbocycles. The van der Waals surface area contributed by atoms with Gasteiger partial charge in [-0.15, -0.1) is 0 Å². The summed E-state index contributed by atoms with van der Waals surface area (Å²) in [6.45, 7) is 2.09. The number of rotatable bonds is 6. The molecular formula is C24H22N4O4. The highest BCUT2D eigenvalue weighted by Crippen LogP contribution is 2.25. The first-order chi connectivity index (χ1) is 15.5. The molecule has 2 heterocycles. The van der Waals surface area contributed by atoms with Crippen LogP contribution in [0.25, 0.3) is 5.65 Å². The number of methoxy groups -OCH3 is 1. The number of benzene rings is 2.